The average molecular weight is 357 g/mol. The molecule has 3 rings (SSSR count). The van der Waals surface area contributed by atoms with Gasteiger partial charge in [0.05, 0.1) is 0 Å². The molecule has 0 spiro atoms. The Hall–Kier alpha value is -3.22. The Morgan fingerprint density at radius 2 is 2.04 bits per heavy atom. The van der Waals surface area contributed by atoms with Crippen LogP contribution in [0.5, 0.6) is 5.75 Å². The molecule has 1 unspecified atom stereocenters. The lowest BCUT2D eigenvalue weighted by atomic mass is 10.1. The van der Waals surface area contributed by atoms with Crippen molar-refractivity contribution in [2.24, 2.45) is 7.05 Å². The van der Waals surface area contributed by atoms with Crippen LogP contribution in [0, 0.1) is 11.6 Å². The van der Waals surface area contributed by atoms with Crippen LogP contribution < -0.4 is 10.1 Å². The van der Waals surface area contributed by atoms with Crippen LogP contribution in [0.2, 0.25) is 0 Å². The lowest BCUT2D eigenvalue weighted by Gasteiger charge is -2.20. The fourth-order valence-corrected chi connectivity index (χ4v) is 2.55. The van der Waals surface area contributed by atoms with Crippen molar-refractivity contribution in [3.8, 4) is 5.75 Å². The summed E-state index contributed by atoms with van der Waals surface area (Å²) in [5.41, 5.74) is 0.293. The largest absolute Gasteiger partial charge is 0.484 e. The lowest BCUT2D eigenvalue weighted by Crippen LogP contribution is -2.35. The van der Waals surface area contributed by atoms with Crippen molar-refractivity contribution in [1.82, 2.24) is 14.9 Å². The van der Waals surface area contributed by atoms with Gasteiger partial charge in [0.2, 0.25) is 0 Å². The van der Waals surface area contributed by atoms with Crippen molar-refractivity contribution in [3.63, 3.8) is 0 Å². The summed E-state index contributed by atoms with van der Waals surface area (Å²) >= 11 is 0. The van der Waals surface area contributed by atoms with Crippen molar-refractivity contribution >= 4 is 5.91 Å². The van der Waals surface area contributed by atoms with E-state index in [9.17, 15) is 13.6 Å². The second-order valence-corrected chi connectivity index (χ2v) is 5.66. The number of rotatable bonds is 6. The maximum atomic E-state index is 14.2. The number of aromatic nitrogens is 2. The molecule has 1 amide bonds. The third kappa shape index (κ3) is 4.05. The fourth-order valence-electron chi connectivity index (χ4n) is 2.55. The third-order valence-corrected chi connectivity index (χ3v) is 3.80. The van der Waals surface area contributed by atoms with Gasteiger partial charge < -0.3 is 14.6 Å². The van der Waals surface area contributed by atoms with Crippen molar-refractivity contribution < 1.29 is 18.3 Å². The van der Waals surface area contributed by atoms with Crippen LogP contribution >= 0.6 is 0 Å². The highest BCUT2D eigenvalue weighted by Crippen LogP contribution is 2.23. The minimum atomic E-state index is -0.778. The van der Waals surface area contributed by atoms with Crippen molar-refractivity contribution in [2.75, 3.05) is 6.61 Å². The summed E-state index contributed by atoms with van der Waals surface area (Å²) in [7, 11) is 1.76. The number of amides is 1. The van der Waals surface area contributed by atoms with E-state index in [1.165, 1.54) is 24.3 Å². The van der Waals surface area contributed by atoms with Crippen LogP contribution in [0.4, 0.5) is 8.78 Å². The number of carbonyl (C=O) groups is 1. The molecule has 0 aliphatic carbocycles. The first-order valence-corrected chi connectivity index (χ1v) is 7.94. The number of nitrogens with zero attached hydrogens (tertiary/aromatic N) is 2. The summed E-state index contributed by atoms with van der Waals surface area (Å²) in [6.07, 6.45) is 3.27. The minimum absolute atomic E-state index is 0.236. The highest BCUT2D eigenvalue weighted by atomic mass is 19.1. The van der Waals surface area contributed by atoms with Crippen molar-refractivity contribution in [1.29, 1.82) is 0 Å². The summed E-state index contributed by atoms with van der Waals surface area (Å²) in [5.74, 6) is -0.675. The molecule has 1 aromatic heterocycles. The predicted octanol–water partition coefficient (Wildman–Crippen LogP) is 2.98. The molecule has 0 saturated heterocycles. The summed E-state index contributed by atoms with van der Waals surface area (Å²) in [6.45, 7) is -0.334. The molecule has 0 fully saturated rings. The van der Waals surface area contributed by atoms with E-state index in [4.69, 9.17) is 4.74 Å². The molecule has 0 bridgehead atoms. The van der Waals surface area contributed by atoms with E-state index in [0.29, 0.717) is 11.4 Å². The number of nitrogens with one attached hydrogen (secondary N) is 1. The first-order valence-electron chi connectivity index (χ1n) is 7.94. The molecule has 2 aromatic carbocycles. The quantitative estimate of drug-likeness (QED) is 0.738. The first kappa shape index (κ1) is 17.6. The molecule has 0 radical (unpaired) electrons. The van der Waals surface area contributed by atoms with E-state index in [1.54, 1.807) is 48.3 Å². The molecular formula is C19H17F2N3O2. The Kier molecular flexibility index (Phi) is 5.26. The van der Waals surface area contributed by atoms with Gasteiger partial charge in [-0.25, -0.2) is 13.8 Å². The summed E-state index contributed by atoms with van der Waals surface area (Å²) in [5, 5.41) is 2.72. The van der Waals surface area contributed by atoms with Crippen molar-refractivity contribution in [3.05, 3.63) is 83.9 Å². The van der Waals surface area contributed by atoms with Gasteiger partial charge in [-0.05, 0) is 18.2 Å². The van der Waals surface area contributed by atoms with Gasteiger partial charge >= 0.3 is 0 Å². The summed E-state index contributed by atoms with van der Waals surface area (Å²) in [6, 6.07) is 10.9. The number of aryl methyl sites for hydroxylation is 1. The van der Waals surface area contributed by atoms with Gasteiger partial charge in [0, 0.05) is 31.1 Å². The monoisotopic (exact) mass is 357 g/mol. The molecule has 26 heavy (non-hydrogen) atoms. The molecule has 7 heteroatoms. The minimum Gasteiger partial charge on any atom is -0.484 e. The zero-order chi connectivity index (χ0) is 18.5. The third-order valence-electron chi connectivity index (χ3n) is 3.80. The van der Waals surface area contributed by atoms with E-state index in [0.717, 1.165) is 0 Å². The predicted molar refractivity (Wildman–Crippen MR) is 91.5 cm³/mol. The molecule has 3 aromatic rings. The van der Waals surface area contributed by atoms with E-state index in [-0.39, 0.29) is 12.4 Å². The maximum Gasteiger partial charge on any atom is 0.258 e. The van der Waals surface area contributed by atoms with E-state index < -0.39 is 23.6 Å². The Balaban J connectivity index is 1.77. The zero-order valence-corrected chi connectivity index (χ0v) is 14.0. The standard InChI is InChI=1S/C19H17F2N3O2/c1-24-10-9-22-19(24)18(15-7-2-3-8-16(15)21)23-17(25)12-26-14-6-4-5-13(20)11-14/h2-11,18H,12H2,1H3,(H,23,25). The van der Waals surface area contributed by atoms with Crippen LogP contribution in [-0.2, 0) is 11.8 Å². The van der Waals surface area contributed by atoms with Gasteiger partial charge in [-0.3, -0.25) is 4.79 Å². The van der Waals surface area contributed by atoms with Crippen LogP contribution in [0.25, 0.3) is 0 Å². The SMILES string of the molecule is Cn1ccnc1C(NC(=O)COc1cccc(F)c1)c1ccccc1F. The fraction of sp³-hybridized carbons (Fsp3) is 0.158. The number of ether oxygens (including phenoxy) is 1. The smallest absolute Gasteiger partial charge is 0.258 e. The Bertz CT molecular complexity index is 911. The lowest BCUT2D eigenvalue weighted by molar-refractivity contribution is -0.123. The van der Waals surface area contributed by atoms with Gasteiger partial charge in [0.1, 0.15) is 29.3 Å². The van der Waals surface area contributed by atoms with Crippen LogP contribution in [-0.4, -0.2) is 22.1 Å². The molecule has 5 nitrogen and oxygen atoms in total. The number of halogens is 2. The molecule has 1 N–H and O–H groups in total. The Morgan fingerprint density at radius 1 is 1.23 bits per heavy atom. The second-order valence-electron chi connectivity index (χ2n) is 5.66. The van der Waals surface area contributed by atoms with E-state index in [2.05, 4.69) is 10.3 Å². The van der Waals surface area contributed by atoms with Gasteiger partial charge in [0.25, 0.3) is 5.91 Å². The number of carbonyl (C=O) groups excluding carboxylic acids is 1. The topological polar surface area (TPSA) is 56.2 Å². The first-order chi connectivity index (χ1) is 12.5. The molecule has 0 aliphatic rings. The number of benzene rings is 2. The highest BCUT2D eigenvalue weighted by Gasteiger charge is 2.23. The van der Waals surface area contributed by atoms with Crippen LogP contribution in [0.3, 0.4) is 0 Å². The number of hydrogen-bond acceptors (Lipinski definition) is 3. The van der Waals surface area contributed by atoms with Gasteiger partial charge in [0.15, 0.2) is 6.61 Å². The zero-order valence-electron chi connectivity index (χ0n) is 14.0. The number of hydrogen-bond donors (Lipinski definition) is 1. The van der Waals surface area contributed by atoms with Crippen LogP contribution in [0.1, 0.15) is 17.4 Å². The normalized spacial score (nSPS) is 11.8. The molecule has 0 saturated carbocycles. The molecule has 134 valence electrons. The number of imidazole rings is 1. The van der Waals surface area contributed by atoms with Gasteiger partial charge in [-0.15, -0.1) is 0 Å². The van der Waals surface area contributed by atoms with Crippen molar-refractivity contribution in [2.45, 2.75) is 6.04 Å². The van der Waals surface area contributed by atoms with Crippen LogP contribution in [0.15, 0.2) is 60.9 Å². The maximum absolute atomic E-state index is 14.2. The summed E-state index contributed by atoms with van der Waals surface area (Å²) in [4.78, 5) is 16.5. The highest BCUT2D eigenvalue weighted by molar-refractivity contribution is 5.78. The van der Waals surface area contributed by atoms with E-state index in [1.807, 2.05) is 0 Å². The molecule has 1 heterocycles. The molecular weight excluding hydrogens is 340 g/mol. The Morgan fingerprint density at radius 3 is 2.73 bits per heavy atom. The van der Waals surface area contributed by atoms with E-state index >= 15 is 0 Å². The average Bonchev–Trinajstić information content (AvgIpc) is 3.04. The molecule has 1 atom stereocenters. The van der Waals surface area contributed by atoms with Gasteiger partial charge in [-0.1, -0.05) is 24.3 Å². The summed E-state index contributed by atoms with van der Waals surface area (Å²) < 4.78 is 34.4. The van der Waals surface area contributed by atoms with Gasteiger partial charge in [-0.2, -0.15) is 0 Å². The second kappa shape index (κ2) is 7.77. The molecule has 0 aliphatic heterocycles. The Labute approximate surface area is 149 Å².